The number of hydrogen-bond acceptors (Lipinski definition) is 8. The van der Waals surface area contributed by atoms with Crippen molar-refractivity contribution in [1.29, 1.82) is 0 Å². The lowest BCUT2D eigenvalue weighted by molar-refractivity contribution is -0.384. The Morgan fingerprint density at radius 3 is 2.46 bits per heavy atom. The van der Waals surface area contributed by atoms with Gasteiger partial charge in [-0.05, 0) is 42.3 Å². The highest BCUT2D eigenvalue weighted by molar-refractivity contribution is 7.81. The third-order valence-corrected chi connectivity index (χ3v) is 5.53. The minimum atomic E-state index is -1.29. The largest absolute Gasteiger partial charge is 0.478 e. The van der Waals surface area contributed by atoms with Crippen LogP contribution in [0.15, 0.2) is 42.5 Å². The van der Waals surface area contributed by atoms with E-state index in [1.807, 2.05) is 0 Å². The fourth-order valence-corrected chi connectivity index (χ4v) is 3.90. The fraction of sp³-hybridized carbons (Fsp3) is 0.273. The molecule has 0 unspecified atom stereocenters. The van der Waals surface area contributed by atoms with Gasteiger partial charge in [-0.2, -0.15) is 12.6 Å². The number of thiol groups is 1. The number of likely N-dealkylation sites (tertiary alicyclic amines) is 1. The number of carbonyl (C=O) groups excluding carboxylic acids is 3. The summed E-state index contributed by atoms with van der Waals surface area (Å²) >= 11 is 4.37. The average molecular weight is 503 g/mol. The fourth-order valence-electron chi connectivity index (χ4n) is 3.53. The number of nitro benzene ring substituents is 1. The molecule has 1 heterocycles. The molecule has 13 heteroatoms. The van der Waals surface area contributed by atoms with Crippen LogP contribution in [0.1, 0.15) is 29.3 Å². The lowest BCUT2D eigenvalue weighted by atomic mass is 10.1. The number of ether oxygens (including phenoxy) is 1. The van der Waals surface area contributed by atoms with Crippen LogP contribution in [0.4, 0.5) is 21.9 Å². The molecule has 3 rings (SSSR count). The Labute approximate surface area is 204 Å². The summed E-state index contributed by atoms with van der Waals surface area (Å²) in [6, 6.07) is 8.59. The topological polar surface area (TPSA) is 168 Å². The molecule has 3 amide bonds. The van der Waals surface area contributed by atoms with Crippen LogP contribution in [-0.2, 0) is 20.9 Å². The average Bonchev–Trinajstić information content (AvgIpc) is 3.20. The highest BCUT2D eigenvalue weighted by atomic mass is 32.1. The van der Waals surface area contributed by atoms with E-state index in [4.69, 9.17) is 4.74 Å². The number of benzene rings is 2. The molecule has 0 spiro atoms. The highest BCUT2D eigenvalue weighted by Gasteiger charge is 2.39. The number of aromatic carboxylic acids is 1. The van der Waals surface area contributed by atoms with E-state index in [1.54, 1.807) is 0 Å². The molecule has 0 aliphatic carbocycles. The molecule has 1 aliphatic heterocycles. The first kappa shape index (κ1) is 25.5. The van der Waals surface area contributed by atoms with E-state index < -0.39 is 34.8 Å². The number of non-ortho nitro benzene ring substituents is 1. The van der Waals surface area contributed by atoms with Crippen LogP contribution in [0.25, 0.3) is 0 Å². The van der Waals surface area contributed by atoms with Crippen molar-refractivity contribution in [1.82, 2.24) is 4.90 Å². The lowest BCUT2D eigenvalue weighted by Gasteiger charge is -2.23. The molecule has 0 bridgehead atoms. The third kappa shape index (κ3) is 6.47. The Morgan fingerprint density at radius 2 is 1.86 bits per heavy atom. The molecule has 3 N–H and O–H groups in total. The van der Waals surface area contributed by atoms with Gasteiger partial charge in [-0.3, -0.25) is 24.6 Å². The zero-order valence-electron chi connectivity index (χ0n) is 18.5. The van der Waals surface area contributed by atoms with Gasteiger partial charge in [-0.25, -0.2) is 9.59 Å². The molecule has 1 fully saturated rings. The van der Waals surface area contributed by atoms with Crippen LogP contribution < -0.4 is 10.6 Å². The molecule has 1 saturated heterocycles. The third-order valence-electron chi connectivity index (χ3n) is 5.15. The number of nitro groups is 1. The zero-order chi connectivity index (χ0) is 25.7. The number of anilines is 2. The number of rotatable bonds is 7. The number of carbonyl (C=O) groups is 4. The van der Waals surface area contributed by atoms with Crippen LogP contribution in [0.2, 0.25) is 0 Å². The van der Waals surface area contributed by atoms with Gasteiger partial charge in [0.25, 0.3) is 5.69 Å². The minimum absolute atomic E-state index is 0.0794. The second-order valence-electron chi connectivity index (χ2n) is 7.77. The number of carboxylic acid groups (broad SMARTS) is 1. The summed E-state index contributed by atoms with van der Waals surface area (Å²) < 4.78 is 5.28. The molecule has 184 valence electrons. The van der Waals surface area contributed by atoms with Crippen molar-refractivity contribution >= 4 is 53.6 Å². The monoisotopic (exact) mass is 502 g/mol. The maximum atomic E-state index is 12.9. The Morgan fingerprint density at radius 1 is 1.17 bits per heavy atom. The molecule has 2 aromatic carbocycles. The Hall–Kier alpha value is -4.13. The van der Waals surface area contributed by atoms with Gasteiger partial charge in [0.05, 0.1) is 16.2 Å². The van der Waals surface area contributed by atoms with Crippen LogP contribution in [-0.4, -0.2) is 56.6 Å². The van der Waals surface area contributed by atoms with Gasteiger partial charge >= 0.3 is 12.1 Å². The zero-order valence-corrected chi connectivity index (χ0v) is 19.4. The van der Waals surface area contributed by atoms with Crippen molar-refractivity contribution in [2.45, 2.75) is 31.2 Å². The Kier molecular flexibility index (Phi) is 7.91. The van der Waals surface area contributed by atoms with E-state index in [-0.39, 0.29) is 47.4 Å². The summed E-state index contributed by atoms with van der Waals surface area (Å²) in [6.45, 7) is 1.25. The summed E-state index contributed by atoms with van der Waals surface area (Å²) in [5, 5.41) is 24.9. The first-order chi connectivity index (χ1) is 16.5. The number of nitrogens with one attached hydrogen (secondary N) is 2. The number of hydrogen-bond donors (Lipinski definition) is 4. The second-order valence-corrected chi connectivity index (χ2v) is 8.50. The van der Waals surface area contributed by atoms with E-state index in [1.165, 1.54) is 54.3 Å². The lowest BCUT2D eigenvalue weighted by Crippen LogP contribution is -2.43. The Balaban J connectivity index is 1.67. The van der Waals surface area contributed by atoms with E-state index in [0.717, 1.165) is 0 Å². The van der Waals surface area contributed by atoms with Crippen molar-refractivity contribution in [3.05, 3.63) is 63.7 Å². The van der Waals surface area contributed by atoms with Crippen molar-refractivity contribution in [3.8, 4) is 0 Å². The molecular weight excluding hydrogens is 480 g/mol. The van der Waals surface area contributed by atoms with Gasteiger partial charge in [-0.15, -0.1) is 0 Å². The molecule has 0 radical (unpaired) electrons. The number of amides is 3. The molecule has 12 nitrogen and oxygen atoms in total. The van der Waals surface area contributed by atoms with Gasteiger partial charge in [0.1, 0.15) is 12.6 Å². The van der Waals surface area contributed by atoms with Crippen LogP contribution in [0, 0.1) is 10.1 Å². The molecule has 0 saturated carbocycles. The van der Waals surface area contributed by atoms with Crippen LogP contribution in [0.3, 0.4) is 0 Å². The van der Waals surface area contributed by atoms with Crippen molar-refractivity contribution in [2.24, 2.45) is 0 Å². The highest BCUT2D eigenvalue weighted by Crippen LogP contribution is 2.26. The van der Waals surface area contributed by atoms with E-state index >= 15 is 0 Å². The van der Waals surface area contributed by atoms with E-state index in [9.17, 15) is 34.4 Å². The molecule has 2 aromatic rings. The molecule has 35 heavy (non-hydrogen) atoms. The van der Waals surface area contributed by atoms with Crippen molar-refractivity contribution in [3.63, 3.8) is 0 Å². The summed E-state index contributed by atoms with van der Waals surface area (Å²) in [7, 11) is 0. The molecular formula is C22H22N4O8S. The maximum Gasteiger partial charge on any atom is 0.410 e. The summed E-state index contributed by atoms with van der Waals surface area (Å²) in [5.41, 5.74) is 0.479. The SMILES string of the molecule is CC(=O)Nc1ccc(NC(=O)[C@@H]2C[C@H](S)CN2C(=O)OCc2ccc([N+](=O)[O-])cc2)cc1C(=O)O. The van der Waals surface area contributed by atoms with E-state index in [2.05, 4.69) is 23.3 Å². The van der Waals surface area contributed by atoms with E-state index in [0.29, 0.717) is 5.56 Å². The smallest absolute Gasteiger partial charge is 0.410 e. The maximum absolute atomic E-state index is 12.9. The molecule has 1 aliphatic rings. The van der Waals surface area contributed by atoms with Crippen LogP contribution >= 0.6 is 12.6 Å². The predicted octanol–water partition coefficient (Wildman–Crippen LogP) is 2.90. The first-order valence-corrected chi connectivity index (χ1v) is 10.9. The quantitative estimate of drug-likeness (QED) is 0.255. The van der Waals surface area contributed by atoms with Gasteiger partial charge in [0.15, 0.2) is 0 Å². The molecule has 0 aromatic heterocycles. The van der Waals surface area contributed by atoms with Gasteiger partial charge in [0, 0.05) is 36.5 Å². The second kappa shape index (κ2) is 10.9. The van der Waals surface area contributed by atoms with Gasteiger partial charge in [0.2, 0.25) is 11.8 Å². The molecule has 2 atom stereocenters. The number of carboxylic acids is 1. The first-order valence-electron chi connectivity index (χ1n) is 10.4. The summed E-state index contributed by atoms with van der Waals surface area (Å²) in [5.74, 6) is -2.30. The van der Waals surface area contributed by atoms with Gasteiger partial charge < -0.3 is 20.5 Å². The van der Waals surface area contributed by atoms with Crippen molar-refractivity contribution < 1.29 is 33.9 Å². The predicted molar refractivity (Wildman–Crippen MR) is 128 cm³/mol. The van der Waals surface area contributed by atoms with Gasteiger partial charge in [-0.1, -0.05) is 0 Å². The standard InChI is InChI=1S/C22H22N4O8S/c1-12(27)23-18-7-4-14(8-17(18)21(29)30)24-20(28)19-9-16(35)10-25(19)22(31)34-11-13-2-5-15(6-3-13)26(32)33/h2-8,16,19,35H,9-11H2,1H3,(H,23,27)(H,24,28)(H,29,30)/t16-,19-/m0/s1. The normalized spacial score (nSPS) is 16.9. The summed E-state index contributed by atoms with van der Waals surface area (Å²) in [6.07, 6.45) is -0.510. The van der Waals surface area contributed by atoms with Crippen molar-refractivity contribution in [2.75, 3.05) is 17.2 Å². The Bertz CT molecular complexity index is 1170. The summed E-state index contributed by atoms with van der Waals surface area (Å²) in [4.78, 5) is 59.8. The van der Waals surface area contributed by atoms with Crippen LogP contribution in [0.5, 0.6) is 0 Å². The minimum Gasteiger partial charge on any atom is -0.478 e. The number of nitrogens with zero attached hydrogens (tertiary/aromatic N) is 2.